The number of amides is 1. The van der Waals surface area contributed by atoms with Gasteiger partial charge < -0.3 is 15.7 Å². The number of anilines is 2. The average Bonchev–Trinajstić information content (AvgIpc) is 3.52. The van der Waals surface area contributed by atoms with Crippen LogP contribution >= 0.6 is 11.3 Å². The Bertz CT molecular complexity index is 1740. The summed E-state index contributed by atoms with van der Waals surface area (Å²) in [5.74, 6) is 0.794. The van der Waals surface area contributed by atoms with Crippen LogP contribution in [0.1, 0.15) is 15.2 Å². The highest BCUT2D eigenvalue weighted by atomic mass is 32.1. The predicted molar refractivity (Wildman–Crippen MR) is 152 cm³/mol. The van der Waals surface area contributed by atoms with Crippen molar-refractivity contribution in [3.8, 4) is 17.0 Å². The monoisotopic (exact) mass is 503 g/mol. The minimum absolute atomic E-state index is 0.124. The molecule has 37 heavy (non-hydrogen) atoms. The molecular formula is C28H22BN5O2S. The summed E-state index contributed by atoms with van der Waals surface area (Å²) in [6, 6.07) is 26.7. The normalized spacial score (nSPS) is 11.1. The summed E-state index contributed by atoms with van der Waals surface area (Å²) in [4.78, 5) is 18.3. The number of fused-ring (bicyclic) bond motifs is 2. The third kappa shape index (κ3) is 4.52. The van der Waals surface area contributed by atoms with E-state index in [9.17, 15) is 9.90 Å². The summed E-state index contributed by atoms with van der Waals surface area (Å²) in [6.45, 7) is 0.505. The largest absolute Gasteiger partial charge is 0.507 e. The molecule has 1 amide bonds. The van der Waals surface area contributed by atoms with E-state index in [1.54, 1.807) is 22.8 Å². The molecule has 0 spiro atoms. The number of hydrogen-bond acceptors (Lipinski definition) is 6. The number of hydrogen-bond donors (Lipinski definition) is 3. The lowest BCUT2D eigenvalue weighted by Crippen LogP contribution is -2.11. The predicted octanol–water partition coefficient (Wildman–Crippen LogP) is 4.44. The number of nitrogens with zero attached hydrogens (tertiary/aromatic N) is 3. The molecule has 6 aromatic rings. The second kappa shape index (κ2) is 9.44. The van der Waals surface area contributed by atoms with Gasteiger partial charge in [-0.3, -0.25) is 4.79 Å². The summed E-state index contributed by atoms with van der Waals surface area (Å²) in [6.07, 6.45) is 1.77. The zero-order chi connectivity index (χ0) is 25.4. The highest BCUT2D eigenvalue weighted by molar-refractivity contribution is 7.20. The standard InChI is InChI=1S/C28H22BN5O2S/c29-21-16-31-34-26(14-22(33-27(21)34)20-9-2-3-10-23(20)35)30-15-17-6-5-8-19(12-17)32-28(36)25-13-18-7-1-4-11-24(18)37-25/h1-14,16,30,35H,15,29H2,(H,32,36). The molecule has 3 N–H and O–H groups in total. The van der Waals surface area contributed by atoms with E-state index in [1.807, 2.05) is 80.6 Å². The van der Waals surface area contributed by atoms with Crippen molar-refractivity contribution in [1.29, 1.82) is 0 Å². The molecule has 3 aromatic carbocycles. The van der Waals surface area contributed by atoms with Crippen LogP contribution < -0.4 is 16.1 Å². The van der Waals surface area contributed by atoms with Gasteiger partial charge in [-0.2, -0.15) is 9.61 Å². The van der Waals surface area contributed by atoms with Crippen molar-refractivity contribution in [2.75, 3.05) is 10.6 Å². The van der Waals surface area contributed by atoms with Crippen LogP contribution in [-0.4, -0.2) is 33.5 Å². The van der Waals surface area contributed by atoms with Crippen LogP contribution in [0, 0.1) is 0 Å². The molecule has 0 radical (unpaired) electrons. The van der Waals surface area contributed by atoms with Crippen LogP contribution in [0.3, 0.4) is 0 Å². The number of phenolic OH excluding ortho intramolecular Hbond substituents is 1. The molecule has 3 aromatic heterocycles. The van der Waals surface area contributed by atoms with E-state index in [-0.39, 0.29) is 11.7 Å². The third-order valence-electron chi connectivity index (χ3n) is 6.14. The molecule has 6 rings (SSSR count). The number of aromatic nitrogens is 3. The molecule has 7 nitrogen and oxygen atoms in total. The van der Waals surface area contributed by atoms with Crippen molar-refractivity contribution in [3.63, 3.8) is 0 Å². The maximum absolute atomic E-state index is 12.9. The van der Waals surface area contributed by atoms with Crippen LogP contribution in [0.4, 0.5) is 11.5 Å². The van der Waals surface area contributed by atoms with E-state index in [4.69, 9.17) is 4.98 Å². The summed E-state index contributed by atoms with van der Waals surface area (Å²) in [7, 11) is 1.95. The quantitative estimate of drug-likeness (QED) is 0.293. The maximum atomic E-state index is 12.9. The summed E-state index contributed by atoms with van der Waals surface area (Å²) < 4.78 is 2.85. The third-order valence-corrected chi connectivity index (χ3v) is 7.25. The zero-order valence-corrected chi connectivity index (χ0v) is 20.8. The first-order chi connectivity index (χ1) is 18.0. The first-order valence-corrected chi connectivity index (χ1v) is 12.6. The first kappa shape index (κ1) is 22.8. The maximum Gasteiger partial charge on any atom is 0.265 e. The Morgan fingerprint density at radius 1 is 1.00 bits per heavy atom. The van der Waals surface area contributed by atoms with E-state index >= 15 is 0 Å². The lowest BCUT2D eigenvalue weighted by molar-refractivity contribution is 0.103. The van der Waals surface area contributed by atoms with Crippen LogP contribution in [0.25, 0.3) is 27.0 Å². The van der Waals surface area contributed by atoms with Crippen LogP contribution in [0.5, 0.6) is 5.75 Å². The number of aromatic hydroxyl groups is 1. The molecule has 3 heterocycles. The molecule has 0 fully saturated rings. The second-order valence-corrected chi connectivity index (χ2v) is 9.85. The molecular weight excluding hydrogens is 481 g/mol. The number of phenols is 1. The minimum atomic E-state index is -0.124. The number of benzene rings is 3. The van der Waals surface area contributed by atoms with Gasteiger partial charge in [0.2, 0.25) is 0 Å². The lowest BCUT2D eigenvalue weighted by atomic mass is 10.0. The van der Waals surface area contributed by atoms with E-state index in [0.29, 0.717) is 28.3 Å². The van der Waals surface area contributed by atoms with Gasteiger partial charge in [0.25, 0.3) is 5.91 Å². The van der Waals surface area contributed by atoms with Crippen molar-refractivity contribution in [2.24, 2.45) is 0 Å². The van der Waals surface area contributed by atoms with Gasteiger partial charge >= 0.3 is 0 Å². The summed E-state index contributed by atoms with van der Waals surface area (Å²) in [5, 5.41) is 22.4. The number of para-hydroxylation sites is 1. The van der Waals surface area contributed by atoms with Crippen molar-refractivity contribution in [1.82, 2.24) is 14.6 Å². The van der Waals surface area contributed by atoms with E-state index in [2.05, 4.69) is 15.7 Å². The van der Waals surface area contributed by atoms with E-state index in [0.717, 1.165) is 32.6 Å². The molecule has 0 aliphatic carbocycles. The van der Waals surface area contributed by atoms with Gasteiger partial charge in [-0.05, 0) is 52.8 Å². The second-order valence-electron chi connectivity index (χ2n) is 8.76. The van der Waals surface area contributed by atoms with Crippen LogP contribution in [0.15, 0.2) is 91.1 Å². The number of carbonyl (C=O) groups excluding carboxylic acids is 1. The van der Waals surface area contributed by atoms with E-state index in [1.165, 1.54) is 11.3 Å². The summed E-state index contributed by atoms with van der Waals surface area (Å²) in [5.41, 5.74) is 4.68. The smallest absolute Gasteiger partial charge is 0.265 e. The Morgan fingerprint density at radius 3 is 2.70 bits per heavy atom. The molecule has 0 saturated heterocycles. The van der Waals surface area contributed by atoms with Crippen molar-refractivity contribution in [3.05, 3.63) is 102 Å². The minimum Gasteiger partial charge on any atom is -0.507 e. The van der Waals surface area contributed by atoms with Gasteiger partial charge in [0, 0.05) is 34.8 Å². The van der Waals surface area contributed by atoms with Crippen molar-refractivity contribution >= 4 is 57.8 Å². The first-order valence-electron chi connectivity index (χ1n) is 11.8. The van der Waals surface area contributed by atoms with Crippen LogP contribution in [0.2, 0.25) is 0 Å². The van der Waals surface area contributed by atoms with E-state index < -0.39 is 0 Å². The molecule has 180 valence electrons. The van der Waals surface area contributed by atoms with Gasteiger partial charge in [0.15, 0.2) is 5.65 Å². The Balaban J connectivity index is 1.24. The molecule has 0 saturated carbocycles. The fraction of sp³-hybridized carbons (Fsp3) is 0.0357. The molecule has 0 bridgehead atoms. The van der Waals surface area contributed by atoms with Crippen molar-refractivity contribution in [2.45, 2.75) is 6.54 Å². The Labute approximate surface area is 217 Å². The topological polar surface area (TPSA) is 91.5 Å². The molecule has 9 heteroatoms. The Kier molecular flexibility index (Phi) is 5.82. The highest BCUT2D eigenvalue weighted by Crippen LogP contribution is 2.30. The van der Waals surface area contributed by atoms with Gasteiger partial charge in [-0.1, -0.05) is 42.5 Å². The fourth-order valence-electron chi connectivity index (χ4n) is 4.26. The molecule has 0 unspecified atom stereocenters. The van der Waals surface area contributed by atoms with Gasteiger partial charge in [0.1, 0.15) is 19.4 Å². The average molecular weight is 503 g/mol. The molecule has 0 atom stereocenters. The number of rotatable bonds is 6. The highest BCUT2D eigenvalue weighted by Gasteiger charge is 2.14. The Hall–Kier alpha value is -4.63. The van der Waals surface area contributed by atoms with Gasteiger partial charge in [-0.15, -0.1) is 11.3 Å². The van der Waals surface area contributed by atoms with Gasteiger partial charge in [-0.25, -0.2) is 4.98 Å². The zero-order valence-electron chi connectivity index (χ0n) is 20.0. The lowest BCUT2D eigenvalue weighted by Gasteiger charge is -2.13. The van der Waals surface area contributed by atoms with Crippen molar-refractivity contribution < 1.29 is 9.90 Å². The number of carbonyl (C=O) groups is 1. The fourth-order valence-corrected chi connectivity index (χ4v) is 5.22. The molecule has 0 aliphatic rings. The molecule has 0 aliphatic heterocycles. The summed E-state index contributed by atoms with van der Waals surface area (Å²) >= 11 is 1.48. The number of thiophene rings is 1. The Morgan fingerprint density at radius 2 is 1.84 bits per heavy atom. The van der Waals surface area contributed by atoms with Gasteiger partial charge in [0.05, 0.1) is 10.6 Å². The van der Waals surface area contributed by atoms with Crippen LogP contribution in [-0.2, 0) is 6.54 Å². The SMILES string of the molecule is Bc1cnn2c(NCc3cccc(NC(=O)c4cc5ccccc5s4)c3)cc(-c3ccccc3O)nc12. The number of nitrogens with one attached hydrogen (secondary N) is 2.